The summed E-state index contributed by atoms with van der Waals surface area (Å²) in [4.78, 5) is 12.5. The van der Waals surface area contributed by atoms with Gasteiger partial charge in [-0.25, -0.2) is 9.07 Å². The van der Waals surface area contributed by atoms with Gasteiger partial charge in [0.05, 0.1) is 16.9 Å². The number of allylic oxidation sites excluding steroid dienone is 1. The third-order valence-electron chi connectivity index (χ3n) is 4.52. The minimum Gasteiger partial charge on any atom is -0.507 e. The summed E-state index contributed by atoms with van der Waals surface area (Å²) in [6.07, 6.45) is 4.69. The Kier molecular flexibility index (Phi) is 5.46. The summed E-state index contributed by atoms with van der Waals surface area (Å²) in [6, 6.07) is 20.0. The van der Waals surface area contributed by atoms with E-state index in [9.17, 15) is 14.3 Å². The van der Waals surface area contributed by atoms with Crippen LogP contribution in [0.5, 0.6) is 5.75 Å². The molecule has 0 radical (unpaired) electrons. The van der Waals surface area contributed by atoms with Crippen molar-refractivity contribution < 1.29 is 14.3 Å². The summed E-state index contributed by atoms with van der Waals surface area (Å²) < 4.78 is 15.2. The number of aromatic hydroxyl groups is 1. The second-order valence-corrected chi connectivity index (χ2v) is 7.02. The van der Waals surface area contributed by atoms with Crippen molar-refractivity contribution in [2.45, 2.75) is 0 Å². The third-order valence-corrected chi connectivity index (χ3v) is 4.77. The molecule has 0 saturated heterocycles. The molecule has 0 spiro atoms. The first-order chi connectivity index (χ1) is 14.5. The Bertz CT molecular complexity index is 1230. The minimum atomic E-state index is -0.594. The SMILES string of the molecule is O=C(/C=C/c1cn(-c2ccccc2)nc1-c1ccc(Cl)cc1)c1cc(F)ccc1O. The van der Waals surface area contributed by atoms with Gasteiger partial charge in [0, 0.05) is 22.3 Å². The fourth-order valence-electron chi connectivity index (χ4n) is 3.02. The monoisotopic (exact) mass is 418 g/mol. The minimum absolute atomic E-state index is 0.102. The van der Waals surface area contributed by atoms with Crippen molar-refractivity contribution in [1.29, 1.82) is 0 Å². The summed E-state index contributed by atoms with van der Waals surface area (Å²) >= 11 is 6.00. The van der Waals surface area contributed by atoms with Crippen LogP contribution in [0, 0.1) is 5.82 Å². The Balaban J connectivity index is 1.75. The maximum Gasteiger partial charge on any atom is 0.189 e. The molecule has 0 atom stereocenters. The molecular weight excluding hydrogens is 403 g/mol. The summed E-state index contributed by atoms with van der Waals surface area (Å²) in [5.41, 5.74) is 2.93. The molecule has 0 bridgehead atoms. The van der Waals surface area contributed by atoms with Gasteiger partial charge in [0.1, 0.15) is 11.6 Å². The molecule has 0 fully saturated rings. The van der Waals surface area contributed by atoms with E-state index in [1.54, 1.807) is 29.1 Å². The predicted molar refractivity (Wildman–Crippen MR) is 115 cm³/mol. The van der Waals surface area contributed by atoms with E-state index in [4.69, 9.17) is 11.6 Å². The molecule has 1 heterocycles. The number of hydrogen-bond acceptors (Lipinski definition) is 3. The zero-order valence-electron chi connectivity index (χ0n) is 15.7. The van der Waals surface area contributed by atoms with E-state index in [0.29, 0.717) is 16.3 Å². The molecule has 4 rings (SSSR count). The van der Waals surface area contributed by atoms with Crippen molar-refractivity contribution in [3.63, 3.8) is 0 Å². The third kappa shape index (κ3) is 4.16. The summed E-state index contributed by atoms with van der Waals surface area (Å²) in [7, 11) is 0. The average Bonchev–Trinajstić information content (AvgIpc) is 3.19. The van der Waals surface area contributed by atoms with E-state index in [2.05, 4.69) is 5.10 Å². The van der Waals surface area contributed by atoms with Crippen molar-refractivity contribution in [2.24, 2.45) is 0 Å². The summed E-state index contributed by atoms with van der Waals surface area (Å²) in [5.74, 6) is -1.38. The van der Waals surface area contributed by atoms with Gasteiger partial charge >= 0.3 is 0 Å². The first-order valence-corrected chi connectivity index (χ1v) is 9.51. The number of para-hydroxylation sites is 1. The van der Waals surface area contributed by atoms with Gasteiger partial charge in [0.15, 0.2) is 5.78 Å². The van der Waals surface area contributed by atoms with Crippen LogP contribution in [0.3, 0.4) is 0 Å². The molecule has 0 amide bonds. The number of ketones is 1. The highest BCUT2D eigenvalue weighted by Gasteiger charge is 2.13. The van der Waals surface area contributed by atoms with Crippen LogP contribution < -0.4 is 0 Å². The zero-order chi connectivity index (χ0) is 21.1. The lowest BCUT2D eigenvalue weighted by atomic mass is 10.1. The Hall–Kier alpha value is -3.70. The number of hydrogen-bond donors (Lipinski definition) is 1. The lowest BCUT2D eigenvalue weighted by Crippen LogP contribution is -1.96. The fourth-order valence-corrected chi connectivity index (χ4v) is 3.14. The molecule has 0 aliphatic carbocycles. The van der Waals surface area contributed by atoms with Gasteiger partial charge in [-0.3, -0.25) is 4.79 Å². The van der Waals surface area contributed by atoms with Gasteiger partial charge in [-0.2, -0.15) is 5.10 Å². The quantitative estimate of drug-likeness (QED) is 0.322. The van der Waals surface area contributed by atoms with Gasteiger partial charge in [-0.05, 0) is 54.6 Å². The average molecular weight is 419 g/mol. The molecule has 148 valence electrons. The van der Waals surface area contributed by atoms with Crippen LogP contribution in [0.15, 0.2) is 85.1 Å². The zero-order valence-corrected chi connectivity index (χ0v) is 16.4. The first kappa shape index (κ1) is 19.6. The molecular formula is C24H16ClFN2O2. The Morgan fingerprint density at radius 2 is 1.77 bits per heavy atom. The number of phenolic OH excluding ortho intramolecular Hbond substituents is 1. The van der Waals surface area contributed by atoms with Gasteiger partial charge < -0.3 is 5.11 Å². The molecule has 1 N–H and O–H groups in total. The van der Waals surface area contributed by atoms with Crippen molar-refractivity contribution in [3.8, 4) is 22.7 Å². The number of nitrogens with zero attached hydrogens (tertiary/aromatic N) is 2. The maximum atomic E-state index is 13.5. The van der Waals surface area contributed by atoms with Gasteiger partial charge in [0.25, 0.3) is 0 Å². The molecule has 3 aromatic carbocycles. The summed E-state index contributed by atoms with van der Waals surface area (Å²) in [6.45, 7) is 0. The highest BCUT2D eigenvalue weighted by molar-refractivity contribution is 6.30. The van der Waals surface area contributed by atoms with E-state index in [1.165, 1.54) is 6.08 Å². The van der Waals surface area contributed by atoms with Gasteiger partial charge in [-0.1, -0.05) is 41.9 Å². The van der Waals surface area contributed by atoms with Crippen molar-refractivity contribution in [3.05, 3.63) is 107 Å². The number of carbonyl (C=O) groups excluding carboxylic acids is 1. The highest BCUT2D eigenvalue weighted by atomic mass is 35.5. The largest absolute Gasteiger partial charge is 0.507 e. The molecule has 0 aliphatic rings. The number of aromatic nitrogens is 2. The Labute approximate surface area is 177 Å². The lowest BCUT2D eigenvalue weighted by Gasteiger charge is -2.01. The van der Waals surface area contributed by atoms with Crippen molar-refractivity contribution >= 4 is 23.5 Å². The van der Waals surface area contributed by atoms with E-state index in [-0.39, 0.29) is 11.3 Å². The molecule has 0 saturated carbocycles. The van der Waals surface area contributed by atoms with Crippen LogP contribution in [0.25, 0.3) is 23.0 Å². The van der Waals surface area contributed by atoms with Crippen molar-refractivity contribution in [1.82, 2.24) is 9.78 Å². The number of benzene rings is 3. The molecule has 6 heteroatoms. The number of rotatable bonds is 5. The molecule has 30 heavy (non-hydrogen) atoms. The number of halogens is 2. The van der Waals surface area contributed by atoms with E-state index in [0.717, 1.165) is 29.4 Å². The highest BCUT2D eigenvalue weighted by Crippen LogP contribution is 2.27. The number of carbonyl (C=O) groups is 1. The summed E-state index contributed by atoms with van der Waals surface area (Å²) in [5, 5.41) is 15.1. The van der Waals surface area contributed by atoms with Gasteiger partial charge in [0.2, 0.25) is 0 Å². The molecule has 1 aromatic heterocycles. The Morgan fingerprint density at radius 3 is 2.50 bits per heavy atom. The van der Waals surface area contributed by atoms with Crippen LogP contribution in [0.2, 0.25) is 5.02 Å². The van der Waals surface area contributed by atoms with Crippen molar-refractivity contribution in [2.75, 3.05) is 0 Å². The topological polar surface area (TPSA) is 55.1 Å². The van der Waals surface area contributed by atoms with E-state index >= 15 is 0 Å². The normalized spacial score (nSPS) is 11.1. The maximum absolute atomic E-state index is 13.5. The first-order valence-electron chi connectivity index (χ1n) is 9.13. The van der Waals surface area contributed by atoms with Crippen LogP contribution in [-0.4, -0.2) is 20.7 Å². The van der Waals surface area contributed by atoms with Crippen LogP contribution in [-0.2, 0) is 0 Å². The smallest absolute Gasteiger partial charge is 0.189 e. The molecule has 4 nitrogen and oxygen atoms in total. The molecule has 4 aromatic rings. The predicted octanol–water partition coefficient (Wildman–Crippen LogP) is 5.93. The van der Waals surface area contributed by atoms with Crippen LogP contribution in [0.4, 0.5) is 4.39 Å². The van der Waals surface area contributed by atoms with E-state index in [1.807, 2.05) is 42.5 Å². The second-order valence-electron chi connectivity index (χ2n) is 6.58. The fraction of sp³-hybridized carbons (Fsp3) is 0. The second kappa shape index (κ2) is 8.35. The standard InChI is InChI=1S/C24H16ClFN2O2/c25-18-9-6-16(7-10-18)24-17(15-28(27-24)20-4-2-1-3-5-20)8-12-22(29)21-14-19(26)11-13-23(21)30/h1-15,30H/b12-8+. The molecule has 0 unspecified atom stereocenters. The van der Waals surface area contributed by atoms with Crippen LogP contribution in [0.1, 0.15) is 15.9 Å². The van der Waals surface area contributed by atoms with Crippen LogP contribution >= 0.6 is 11.6 Å². The molecule has 0 aliphatic heterocycles. The lowest BCUT2D eigenvalue weighted by molar-refractivity contribution is 0.104. The van der Waals surface area contributed by atoms with E-state index < -0.39 is 11.6 Å². The Morgan fingerprint density at radius 1 is 1.03 bits per heavy atom. The van der Waals surface area contributed by atoms with Gasteiger partial charge in [-0.15, -0.1) is 0 Å². The number of phenols is 1.